The third-order valence-corrected chi connectivity index (χ3v) is 15.0. The molecule has 4 heterocycles. The van der Waals surface area contributed by atoms with Crippen LogP contribution in [0.4, 0.5) is 17.1 Å². The molecule has 0 bridgehead atoms. The van der Waals surface area contributed by atoms with Gasteiger partial charge in [-0.1, -0.05) is 115 Å². The van der Waals surface area contributed by atoms with Crippen molar-refractivity contribution in [2.24, 2.45) is 0 Å². The molecule has 0 spiro atoms. The Balaban J connectivity index is 1.44. The van der Waals surface area contributed by atoms with Crippen molar-refractivity contribution in [2.45, 2.75) is 103 Å². The third-order valence-electron chi connectivity index (χ3n) is 12.1. The summed E-state index contributed by atoms with van der Waals surface area (Å²) in [7, 11) is 0. The van der Waals surface area contributed by atoms with Crippen molar-refractivity contribution in [3.05, 3.63) is 93.0 Å². The van der Waals surface area contributed by atoms with Crippen LogP contribution in [0.2, 0.25) is 0 Å². The normalized spacial score (nSPS) is 20.4. The number of fused-ring (bicyclic) bond motifs is 8. The molecule has 0 radical (unpaired) electrons. The highest BCUT2D eigenvalue weighted by atomic mass is 32.1. The van der Waals surface area contributed by atoms with Gasteiger partial charge < -0.3 is 4.90 Å². The summed E-state index contributed by atoms with van der Waals surface area (Å²) in [6.07, 6.45) is 4.91. The maximum atomic E-state index is 2.81. The molecule has 232 valence electrons. The zero-order valence-corrected chi connectivity index (χ0v) is 30.2. The van der Waals surface area contributed by atoms with Gasteiger partial charge in [-0.05, 0) is 98.3 Å². The van der Waals surface area contributed by atoms with E-state index in [-0.39, 0.29) is 28.4 Å². The maximum absolute atomic E-state index is 2.81. The van der Waals surface area contributed by atoms with Crippen LogP contribution in [0.15, 0.2) is 72.1 Å². The fourth-order valence-electron chi connectivity index (χ4n) is 9.29. The smallest absolute Gasteiger partial charge is 0.260 e. The van der Waals surface area contributed by atoms with Gasteiger partial charge in [0.15, 0.2) is 0 Å². The van der Waals surface area contributed by atoms with Crippen molar-refractivity contribution in [3.63, 3.8) is 0 Å². The fraction of sp³-hybridized carbons (Fsp3) is 0.381. The summed E-state index contributed by atoms with van der Waals surface area (Å²) in [4.78, 5) is 6.01. The number of rotatable bonds is 2. The van der Waals surface area contributed by atoms with E-state index in [0.717, 1.165) is 0 Å². The van der Waals surface area contributed by atoms with E-state index < -0.39 is 0 Å². The molecule has 0 N–H and O–H groups in total. The van der Waals surface area contributed by atoms with Gasteiger partial charge in [0.25, 0.3) is 6.71 Å². The molecular weight excluding hydrogens is 593 g/mol. The van der Waals surface area contributed by atoms with Crippen molar-refractivity contribution in [1.82, 2.24) is 0 Å². The third kappa shape index (κ3) is 3.81. The molecule has 0 amide bonds. The Morgan fingerprint density at radius 1 is 0.609 bits per heavy atom. The van der Waals surface area contributed by atoms with Crippen molar-refractivity contribution >= 4 is 62.2 Å². The lowest BCUT2D eigenvalue weighted by atomic mass is 9.40. The summed E-state index contributed by atoms with van der Waals surface area (Å²) in [5, 5.41) is 2.54. The lowest BCUT2D eigenvalue weighted by Gasteiger charge is -2.44. The molecule has 9 rings (SSSR count). The maximum Gasteiger partial charge on any atom is 0.260 e. The standard InChI is InChI=1S/C42H44BNS2/c1-39(2)18-20-41(5,6)36-32(39)31(24-45-36)44-30-23-26(25-14-10-9-11-15-25)22-28-27-16-12-13-17-29(27)43(34(28)30)38-35(44)33-37(46-38)42(7,8)21-19-40(33,3)4/h9-17,22-24H,18-21H2,1-8H3. The summed E-state index contributed by atoms with van der Waals surface area (Å²) in [6, 6.07) is 25.4. The first-order valence-corrected chi connectivity index (χ1v) is 18.9. The number of thiophene rings is 2. The Morgan fingerprint density at radius 2 is 1.24 bits per heavy atom. The van der Waals surface area contributed by atoms with Crippen LogP contribution in [0, 0.1) is 0 Å². The second-order valence-corrected chi connectivity index (χ2v) is 19.0. The minimum atomic E-state index is 0.105. The highest BCUT2D eigenvalue weighted by molar-refractivity contribution is 7.29. The SMILES string of the molecule is CC1(C)CCC(C)(C)c2c(N3c4cc(-c5ccccc5)cc5c4B(c4ccccc4-5)c4sc5c(c43)C(C)(C)CCC5(C)C)csc21. The van der Waals surface area contributed by atoms with Crippen LogP contribution in [-0.2, 0) is 21.7 Å². The molecule has 5 aromatic rings. The molecule has 1 nitrogen and oxygen atoms in total. The molecule has 0 fully saturated rings. The van der Waals surface area contributed by atoms with E-state index in [4.69, 9.17) is 0 Å². The second kappa shape index (κ2) is 9.29. The molecular formula is C42H44BNS2. The van der Waals surface area contributed by atoms with E-state index in [9.17, 15) is 0 Å². The first kappa shape index (κ1) is 29.1. The quantitative estimate of drug-likeness (QED) is 0.171. The van der Waals surface area contributed by atoms with Crippen LogP contribution in [0.1, 0.15) is 102 Å². The van der Waals surface area contributed by atoms with Gasteiger partial charge in [-0.25, -0.2) is 0 Å². The molecule has 3 aromatic carbocycles. The van der Waals surface area contributed by atoms with Gasteiger partial charge in [-0.2, -0.15) is 11.3 Å². The van der Waals surface area contributed by atoms with Gasteiger partial charge in [0, 0.05) is 25.6 Å². The van der Waals surface area contributed by atoms with Crippen molar-refractivity contribution in [2.75, 3.05) is 4.90 Å². The van der Waals surface area contributed by atoms with Crippen LogP contribution < -0.4 is 20.6 Å². The van der Waals surface area contributed by atoms with Gasteiger partial charge in [0.1, 0.15) is 0 Å². The van der Waals surface area contributed by atoms with Gasteiger partial charge >= 0.3 is 0 Å². The first-order chi connectivity index (χ1) is 21.8. The molecule has 2 aliphatic heterocycles. The van der Waals surface area contributed by atoms with Gasteiger partial charge in [-0.3, -0.25) is 0 Å². The molecule has 0 unspecified atom stereocenters. The topological polar surface area (TPSA) is 3.24 Å². The Bertz CT molecular complexity index is 2070. The molecule has 2 aromatic heterocycles. The molecule has 0 saturated heterocycles. The lowest BCUT2D eigenvalue weighted by molar-refractivity contribution is 0.338. The fourth-order valence-corrected chi connectivity index (χ4v) is 12.4. The van der Waals surface area contributed by atoms with Crippen molar-refractivity contribution < 1.29 is 0 Å². The summed E-state index contributed by atoms with van der Waals surface area (Å²) < 4.78 is 1.56. The number of nitrogens with zero attached hydrogens (tertiary/aromatic N) is 1. The summed E-state index contributed by atoms with van der Waals surface area (Å²) >= 11 is 4.15. The van der Waals surface area contributed by atoms with Crippen LogP contribution in [0.5, 0.6) is 0 Å². The lowest BCUT2D eigenvalue weighted by Crippen LogP contribution is -2.54. The predicted molar refractivity (Wildman–Crippen MR) is 203 cm³/mol. The zero-order chi connectivity index (χ0) is 32.0. The Hall–Kier alpha value is -3.08. The Kier molecular flexibility index (Phi) is 5.88. The number of hydrogen-bond donors (Lipinski definition) is 0. The van der Waals surface area contributed by atoms with Gasteiger partial charge in [-0.15, -0.1) is 11.3 Å². The summed E-state index contributed by atoms with van der Waals surface area (Å²) in [5.74, 6) is 0. The average molecular weight is 638 g/mol. The highest BCUT2D eigenvalue weighted by Gasteiger charge is 2.52. The van der Waals surface area contributed by atoms with Crippen molar-refractivity contribution in [1.29, 1.82) is 0 Å². The zero-order valence-electron chi connectivity index (χ0n) is 28.6. The molecule has 4 aliphatic rings. The number of hydrogen-bond acceptors (Lipinski definition) is 3. The van der Waals surface area contributed by atoms with E-state index in [1.165, 1.54) is 75.9 Å². The minimum Gasteiger partial charge on any atom is -0.309 e. The van der Waals surface area contributed by atoms with E-state index in [2.05, 4.69) is 144 Å². The van der Waals surface area contributed by atoms with E-state index in [0.29, 0.717) is 0 Å². The minimum absolute atomic E-state index is 0.105. The molecule has 0 saturated carbocycles. The predicted octanol–water partition coefficient (Wildman–Crippen LogP) is 10.5. The van der Waals surface area contributed by atoms with Crippen LogP contribution in [0.25, 0.3) is 22.3 Å². The summed E-state index contributed by atoms with van der Waals surface area (Å²) in [5.41, 5.74) is 16.5. The van der Waals surface area contributed by atoms with Crippen LogP contribution >= 0.6 is 22.7 Å². The van der Waals surface area contributed by atoms with E-state index >= 15 is 0 Å². The largest absolute Gasteiger partial charge is 0.309 e. The van der Waals surface area contributed by atoms with Crippen molar-refractivity contribution in [3.8, 4) is 22.3 Å². The molecule has 2 aliphatic carbocycles. The molecule has 0 atom stereocenters. The van der Waals surface area contributed by atoms with Gasteiger partial charge in [0.2, 0.25) is 0 Å². The Morgan fingerprint density at radius 3 is 1.98 bits per heavy atom. The van der Waals surface area contributed by atoms with Crippen LogP contribution in [0.3, 0.4) is 0 Å². The molecule has 4 heteroatoms. The highest BCUT2D eigenvalue weighted by Crippen LogP contribution is 2.59. The summed E-state index contributed by atoms with van der Waals surface area (Å²) in [6.45, 7) is 20.3. The average Bonchev–Trinajstić information content (AvgIpc) is 3.74. The van der Waals surface area contributed by atoms with Gasteiger partial charge in [0.05, 0.1) is 11.4 Å². The Labute approximate surface area is 283 Å². The molecule has 46 heavy (non-hydrogen) atoms. The monoisotopic (exact) mass is 637 g/mol. The van der Waals surface area contributed by atoms with Crippen LogP contribution in [-0.4, -0.2) is 6.71 Å². The first-order valence-electron chi connectivity index (χ1n) is 17.2. The number of anilines is 3. The number of benzene rings is 3. The van der Waals surface area contributed by atoms with E-state index in [1.807, 2.05) is 11.3 Å². The second-order valence-electron chi connectivity index (χ2n) is 17.1. The van der Waals surface area contributed by atoms with E-state index in [1.54, 1.807) is 25.7 Å².